The molecule has 3 N–H and O–H groups in total. The number of nitrogens with zero attached hydrogens (tertiary/aromatic N) is 1. The summed E-state index contributed by atoms with van der Waals surface area (Å²) in [6, 6.07) is 7.91. The smallest absolute Gasteiger partial charge is 0.237 e. The van der Waals surface area contributed by atoms with Crippen LogP contribution in [0.3, 0.4) is 0 Å². The van der Waals surface area contributed by atoms with Crippen LogP contribution in [0.4, 0.5) is 5.69 Å². The fourth-order valence-electron chi connectivity index (χ4n) is 1.84. The molecule has 1 atom stereocenters. The van der Waals surface area contributed by atoms with E-state index < -0.39 is 5.54 Å². The van der Waals surface area contributed by atoms with Gasteiger partial charge in [-0.2, -0.15) is 0 Å². The molecule has 0 fully saturated rings. The molecule has 0 bridgehead atoms. The first-order valence-electron chi connectivity index (χ1n) is 6.78. The van der Waals surface area contributed by atoms with Crippen LogP contribution >= 0.6 is 0 Å². The van der Waals surface area contributed by atoms with Crippen LogP contribution in [0.2, 0.25) is 0 Å². The van der Waals surface area contributed by atoms with Crippen molar-refractivity contribution in [3.05, 3.63) is 24.3 Å². The molecule has 20 heavy (non-hydrogen) atoms. The molecule has 1 aromatic rings. The molecule has 1 unspecified atom stereocenters. The van der Waals surface area contributed by atoms with Crippen molar-refractivity contribution in [2.75, 3.05) is 32.6 Å². The van der Waals surface area contributed by atoms with Gasteiger partial charge in [0.05, 0.1) is 12.1 Å². The molecule has 1 rings (SSSR count). The Morgan fingerprint density at radius 2 is 2.15 bits per heavy atom. The van der Waals surface area contributed by atoms with Crippen LogP contribution in [0.5, 0.6) is 5.75 Å². The summed E-state index contributed by atoms with van der Waals surface area (Å²) in [5.74, 6) is 0.496. The number of nitrogens with two attached hydrogens (primary N) is 1. The lowest BCUT2D eigenvalue weighted by Crippen LogP contribution is -2.51. The minimum atomic E-state index is -0.672. The highest BCUT2D eigenvalue weighted by Crippen LogP contribution is 2.20. The van der Waals surface area contributed by atoms with E-state index in [2.05, 4.69) is 5.32 Å². The molecule has 5 heteroatoms. The summed E-state index contributed by atoms with van der Waals surface area (Å²) in [5, 5.41) is 2.96. The third kappa shape index (κ3) is 4.42. The first-order chi connectivity index (χ1) is 9.39. The van der Waals surface area contributed by atoms with Gasteiger partial charge in [-0.25, -0.2) is 0 Å². The lowest BCUT2D eigenvalue weighted by molar-refractivity contribution is -0.123. The zero-order valence-corrected chi connectivity index (χ0v) is 12.8. The molecule has 0 aliphatic rings. The second-order valence-electron chi connectivity index (χ2n) is 5.29. The number of benzene rings is 1. The molecule has 0 aliphatic heterocycles. The van der Waals surface area contributed by atoms with E-state index in [9.17, 15) is 4.79 Å². The molecule has 5 nitrogen and oxygen atoms in total. The Morgan fingerprint density at radius 1 is 1.45 bits per heavy atom. The number of hydrogen-bond acceptors (Lipinski definition) is 4. The van der Waals surface area contributed by atoms with Crippen LogP contribution < -0.4 is 20.7 Å². The number of amides is 1. The van der Waals surface area contributed by atoms with E-state index in [0.717, 1.165) is 17.9 Å². The Kier molecular flexibility index (Phi) is 5.82. The summed E-state index contributed by atoms with van der Waals surface area (Å²) in [6.07, 6.45) is 1.40. The first kappa shape index (κ1) is 16.3. The van der Waals surface area contributed by atoms with E-state index in [1.54, 1.807) is 7.05 Å². The minimum Gasteiger partial charge on any atom is -0.494 e. The Labute approximate surface area is 121 Å². The van der Waals surface area contributed by atoms with Gasteiger partial charge in [0.25, 0.3) is 0 Å². The predicted octanol–water partition coefficient (Wildman–Crippen LogP) is 1.38. The van der Waals surface area contributed by atoms with Crippen LogP contribution in [0.15, 0.2) is 24.3 Å². The maximum atomic E-state index is 11.3. The van der Waals surface area contributed by atoms with Gasteiger partial charge >= 0.3 is 0 Å². The highest BCUT2D eigenvalue weighted by atomic mass is 16.5. The average molecular weight is 279 g/mol. The summed E-state index contributed by atoms with van der Waals surface area (Å²) >= 11 is 0. The number of rotatable bonds is 8. The molecule has 1 amide bonds. The van der Waals surface area contributed by atoms with Gasteiger partial charge in [0, 0.05) is 25.8 Å². The van der Waals surface area contributed by atoms with Crippen molar-refractivity contribution in [2.24, 2.45) is 5.73 Å². The number of primary amides is 1. The molecule has 1 aromatic carbocycles. The van der Waals surface area contributed by atoms with E-state index in [4.69, 9.17) is 10.5 Å². The number of likely N-dealkylation sites (N-methyl/N-ethyl adjacent to an activating group) is 1. The third-order valence-electron chi connectivity index (χ3n) is 3.52. The van der Waals surface area contributed by atoms with Crippen LogP contribution in [-0.4, -0.2) is 39.2 Å². The molecule has 0 spiro atoms. The SMILES string of the molecule is CNC(C)(CCCOc1cccc(N(C)C)c1)C(N)=O. The highest BCUT2D eigenvalue weighted by molar-refractivity contribution is 5.84. The minimum absolute atomic E-state index is 0.338. The van der Waals surface area contributed by atoms with E-state index in [-0.39, 0.29) is 5.91 Å². The first-order valence-corrected chi connectivity index (χ1v) is 6.78. The van der Waals surface area contributed by atoms with Gasteiger partial charge in [0.2, 0.25) is 5.91 Å². The van der Waals surface area contributed by atoms with Gasteiger partial charge in [-0.3, -0.25) is 4.79 Å². The lowest BCUT2D eigenvalue weighted by Gasteiger charge is -2.25. The van der Waals surface area contributed by atoms with Crippen LogP contribution in [0.25, 0.3) is 0 Å². The van der Waals surface area contributed by atoms with Crippen LogP contribution in [0.1, 0.15) is 19.8 Å². The second-order valence-corrected chi connectivity index (χ2v) is 5.29. The van der Waals surface area contributed by atoms with E-state index in [0.29, 0.717) is 13.0 Å². The summed E-state index contributed by atoms with van der Waals surface area (Å²) in [7, 11) is 5.72. The molecule has 0 radical (unpaired) electrons. The van der Waals surface area contributed by atoms with Gasteiger partial charge in [-0.05, 0) is 38.9 Å². The Balaban J connectivity index is 2.45. The van der Waals surface area contributed by atoms with Crippen LogP contribution in [-0.2, 0) is 4.79 Å². The third-order valence-corrected chi connectivity index (χ3v) is 3.52. The van der Waals surface area contributed by atoms with Gasteiger partial charge in [-0.1, -0.05) is 6.07 Å². The fraction of sp³-hybridized carbons (Fsp3) is 0.533. The Bertz CT molecular complexity index is 448. The van der Waals surface area contributed by atoms with Crippen molar-refractivity contribution < 1.29 is 9.53 Å². The maximum Gasteiger partial charge on any atom is 0.237 e. The van der Waals surface area contributed by atoms with Crippen LogP contribution in [0, 0.1) is 0 Å². The van der Waals surface area contributed by atoms with Crippen molar-refractivity contribution in [2.45, 2.75) is 25.3 Å². The topological polar surface area (TPSA) is 67.6 Å². The molecule has 112 valence electrons. The number of carbonyl (C=O) groups is 1. The van der Waals surface area contributed by atoms with Gasteiger partial charge < -0.3 is 20.7 Å². The predicted molar refractivity (Wildman–Crippen MR) is 82.2 cm³/mol. The molecule has 0 aromatic heterocycles. The molecular formula is C15H25N3O2. The lowest BCUT2D eigenvalue weighted by atomic mass is 9.95. The number of anilines is 1. The van der Waals surface area contributed by atoms with Gasteiger partial charge in [0.15, 0.2) is 0 Å². The number of carbonyl (C=O) groups excluding carboxylic acids is 1. The summed E-state index contributed by atoms with van der Waals surface area (Å²) < 4.78 is 5.71. The van der Waals surface area contributed by atoms with E-state index in [1.807, 2.05) is 50.2 Å². The van der Waals surface area contributed by atoms with Crippen molar-refractivity contribution in [3.8, 4) is 5.75 Å². The molecule has 0 aliphatic carbocycles. The van der Waals surface area contributed by atoms with Crippen molar-refractivity contribution in [3.63, 3.8) is 0 Å². The second kappa shape index (κ2) is 7.14. The van der Waals surface area contributed by atoms with E-state index in [1.165, 1.54) is 0 Å². The number of nitrogens with one attached hydrogen (secondary N) is 1. The Hall–Kier alpha value is -1.75. The largest absolute Gasteiger partial charge is 0.494 e. The summed E-state index contributed by atoms with van der Waals surface area (Å²) in [6.45, 7) is 2.36. The Morgan fingerprint density at radius 3 is 2.70 bits per heavy atom. The molecule has 0 saturated heterocycles. The maximum absolute atomic E-state index is 11.3. The highest BCUT2D eigenvalue weighted by Gasteiger charge is 2.28. The van der Waals surface area contributed by atoms with E-state index >= 15 is 0 Å². The summed E-state index contributed by atoms with van der Waals surface area (Å²) in [4.78, 5) is 13.4. The fourth-order valence-corrected chi connectivity index (χ4v) is 1.84. The van der Waals surface area contributed by atoms with Gasteiger partial charge in [0.1, 0.15) is 5.75 Å². The normalized spacial score (nSPS) is 13.6. The molecule has 0 heterocycles. The number of ether oxygens (including phenoxy) is 1. The zero-order chi connectivity index (χ0) is 15.2. The average Bonchev–Trinajstić information content (AvgIpc) is 2.43. The van der Waals surface area contributed by atoms with Crippen molar-refractivity contribution in [1.82, 2.24) is 5.32 Å². The van der Waals surface area contributed by atoms with Gasteiger partial charge in [-0.15, -0.1) is 0 Å². The zero-order valence-electron chi connectivity index (χ0n) is 12.8. The standard InChI is InChI=1S/C15H25N3O2/c1-15(17-2,14(16)19)9-6-10-20-13-8-5-7-12(11-13)18(3)4/h5,7-8,11,17H,6,9-10H2,1-4H3,(H2,16,19). The van der Waals surface area contributed by atoms with Crippen molar-refractivity contribution in [1.29, 1.82) is 0 Å². The monoisotopic (exact) mass is 279 g/mol. The summed E-state index contributed by atoms with van der Waals surface area (Å²) in [5.41, 5.74) is 5.81. The quantitative estimate of drug-likeness (QED) is 0.705. The molecular weight excluding hydrogens is 254 g/mol. The molecule has 0 saturated carbocycles. The van der Waals surface area contributed by atoms with Crippen molar-refractivity contribution >= 4 is 11.6 Å². The number of hydrogen-bond donors (Lipinski definition) is 2.